The molecular formula is C29H31N7O7. The SMILES string of the molecule is CC(=O)NCC(C)(C)C(=O)c1nnc(Cc2cccc(C)c2)o1.O=C1NC(=O)[C@@](c2ccncc2)(N2C(=O)CCC2=O)N1. The van der Waals surface area contributed by atoms with Gasteiger partial charge in [0.05, 0.1) is 11.8 Å². The van der Waals surface area contributed by atoms with Crippen LogP contribution in [-0.2, 0) is 31.3 Å². The zero-order valence-corrected chi connectivity index (χ0v) is 24.1. The second-order valence-electron chi connectivity index (χ2n) is 10.8. The Morgan fingerprint density at radius 1 is 1.05 bits per heavy atom. The number of nitrogens with one attached hydrogen (secondary N) is 3. The molecule has 3 N–H and O–H groups in total. The van der Waals surface area contributed by atoms with Gasteiger partial charge in [0.1, 0.15) is 0 Å². The van der Waals surface area contributed by atoms with Crippen molar-refractivity contribution < 1.29 is 33.2 Å². The van der Waals surface area contributed by atoms with E-state index in [1.165, 1.54) is 31.5 Å². The largest absolute Gasteiger partial charge is 0.418 e. The molecule has 0 bridgehead atoms. The van der Waals surface area contributed by atoms with Gasteiger partial charge >= 0.3 is 6.03 Å². The van der Waals surface area contributed by atoms with Gasteiger partial charge in [-0.15, -0.1) is 10.2 Å². The number of urea groups is 1. The molecule has 1 atom stereocenters. The number of imide groups is 2. The molecule has 2 fully saturated rings. The second-order valence-corrected chi connectivity index (χ2v) is 10.8. The van der Waals surface area contributed by atoms with E-state index in [0.717, 1.165) is 16.0 Å². The summed E-state index contributed by atoms with van der Waals surface area (Å²) in [4.78, 5) is 75.8. The van der Waals surface area contributed by atoms with Crippen LogP contribution < -0.4 is 16.0 Å². The number of aromatic nitrogens is 3. The highest BCUT2D eigenvalue weighted by molar-refractivity contribution is 6.14. The lowest BCUT2D eigenvalue weighted by Crippen LogP contribution is -2.59. The smallest absolute Gasteiger partial charge is 0.324 e. The monoisotopic (exact) mass is 589 g/mol. The third-order valence-corrected chi connectivity index (χ3v) is 6.83. The minimum Gasteiger partial charge on any atom is -0.418 e. The molecule has 0 spiro atoms. The molecule has 0 radical (unpaired) electrons. The standard InChI is InChI=1S/C17H21N3O3.C12H10N4O4/c1-11-6-5-7-13(8-11)9-14-19-20-16(23-14)15(22)17(3,4)10-18-12(2)21;17-8-1-2-9(18)16(8)12(7-3-5-13-6-4-7)10(19)14-11(20)15-12/h5-8H,9-10H2,1-4H3,(H,18,21);3-6H,1-2H2,(H2,14,15,19,20)/t;12-/m.1/s1. The van der Waals surface area contributed by atoms with Crippen LogP contribution in [0.15, 0.2) is 53.2 Å². The zero-order valence-electron chi connectivity index (χ0n) is 24.1. The van der Waals surface area contributed by atoms with Crippen LogP contribution >= 0.6 is 0 Å². The van der Waals surface area contributed by atoms with Gasteiger partial charge in [0.2, 0.25) is 35.1 Å². The van der Waals surface area contributed by atoms with Crippen LogP contribution in [0, 0.1) is 12.3 Å². The number of hydrogen-bond donors (Lipinski definition) is 3. The van der Waals surface area contributed by atoms with Crippen LogP contribution in [0.4, 0.5) is 4.79 Å². The van der Waals surface area contributed by atoms with Crippen molar-refractivity contribution in [3.63, 3.8) is 0 Å². The number of aryl methyl sites for hydroxylation is 1. The van der Waals surface area contributed by atoms with Gasteiger partial charge in [-0.05, 0) is 24.6 Å². The maximum atomic E-state index is 12.5. The summed E-state index contributed by atoms with van der Waals surface area (Å²) >= 11 is 0. The van der Waals surface area contributed by atoms with Crippen LogP contribution in [0.5, 0.6) is 0 Å². The Kier molecular flexibility index (Phi) is 8.78. The minimum absolute atomic E-state index is 0.0226. The summed E-state index contributed by atoms with van der Waals surface area (Å²) in [6.07, 6.45) is 3.36. The topological polar surface area (TPSA) is 194 Å². The number of ketones is 1. The lowest BCUT2D eigenvalue weighted by Gasteiger charge is -2.34. The number of likely N-dealkylation sites (tertiary alicyclic amines) is 1. The molecule has 14 heteroatoms. The molecule has 6 amide bonds. The van der Waals surface area contributed by atoms with E-state index < -0.39 is 34.8 Å². The quantitative estimate of drug-likeness (QED) is 0.197. The van der Waals surface area contributed by atoms with Gasteiger partial charge in [-0.2, -0.15) is 0 Å². The molecule has 0 unspecified atom stereocenters. The van der Waals surface area contributed by atoms with E-state index in [1.54, 1.807) is 13.8 Å². The van der Waals surface area contributed by atoms with Crippen molar-refractivity contribution in [3.05, 3.63) is 77.3 Å². The van der Waals surface area contributed by atoms with Crippen molar-refractivity contribution >= 4 is 35.4 Å². The Balaban J connectivity index is 0.000000198. The van der Waals surface area contributed by atoms with Crippen LogP contribution in [0.3, 0.4) is 0 Å². The van der Waals surface area contributed by atoms with Gasteiger partial charge in [-0.3, -0.25) is 34.3 Å². The Labute approximate surface area is 246 Å². The van der Waals surface area contributed by atoms with Crippen LogP contribution in [0.25, 0.3) is 0 Å². The number of amides is 6. The molecule has 224 valence electrons. The maximum absolute atomic E-state index is 12.5. The van der Waals surface area contributed by atoms with E-state index in [1.807, 2.05) is 31.2 Å². The Morgan fingerprint density at radius 2 is 1.72 bits per heavy atom. The fourth-order valence-electron chi connectivity index (χ4n) is 4.61. The summed E-state index contributed by atoms with van der Waals surface area (Å²) in [5, 5.41) is 14.9. The van der Waals surface area contributed by atoms with Crippen LogP contribution in [-0.4, -0.2) is 62.1 Å². The highest BCUT2D eigenvalue weighted by Gasteiger charge is 2.58. The Morgan fingerprint density at radius 3 is 2.30 bits per heavy atom. The summed E-state index contributed by atoms with van der Waals surface area (Å²) in [6.45, 7) is 7.10. The molecule has 0 aliphatic carbocycles. The first-order chi connectivity index (χ1) is 20.3. The maximum Gasteiger partial charge on any atom is 0.324 e. The lowest BCUT2D eigenvalue weighted by molar-refractivity contribution is -0.153. The van der Waals surface area contributed by atoms with Crippen molar-refractivity contribution in [2.45, 2.75) is 52.6 Å². The summed E-state index contributed by atoms with van der Waals surface area (Å²) < 4.78 is 5.50. The number of benzene rings is 1. The number of nitrogens with zero attached hydrogens (tertiary/aromatic N) is 4. The van der Waals surface area contributed by atoms with Gasteiger partial charge in [0.25, 0.3) is 11.8 Å². The van der Waals surface area contributed by atoms with E-state index in [0.29, 0.717) is 17.9 Å². The van der Waals surface area contributed by atoms with E-state index in [2.05, 4.69) is 31.1 Å². The molecule has 1 aromatic carbocycles. The number of rotatable bonds is 8. The number of pyridine rings is 1. The van der Waals surface area contributed by atoms with Gasteiger partial charge in [0, 0.05) is 44.3 Å². The number of carbonyl (C=O) groups excluding carboxylic acids is 6. The first kappa shape index (κ1) is 30.7. The summed E-state index contributed by atoms with van der Waals surface area (Å²) in [6, 6.07) is 10.2. The number of carbonyl (C=O) groups is 6. The van der Waals surface area contributed by atoms with Crippen molar-refractivity contribution in [1.29, 1.82) is 0 Å². The highest BCUT2D eigenvalue weighted by atomic mass is 16.4. The molecule has 4 heterocycles. The molecule has 2 aromatic heterocycles. The molecule has 14 nitrogen and oxygen atoms in total. The summed E-state index contributed by atoms with van der Waals surface area (Å²) in [5.41, 5.74) is -0.122. The average molecular weight is 590 g/mol. The minimum atomic E-state index is -1.81. The highest BCUT2D eigenvalue weighted by Crippen LogP contribution is 2.33. The predicted molar refractivity (Wildman–Crippen MR) is 149 cm³/mol. The normalized spacial score (nSPS) is 18.1. The molecule has 3 aromatic rings. The van der Waals surface area contributed by atoms with Gasteiger partial charge < -0.3 is 15.1 Å². The summed E-state index contributed by atoms with van der Waals surface area (Å²) in [7, 11) is 0. The van der Waals surface area contributed by atoms with E-state index in [4.69, 9.17) is 4.42 Å². The van der Waals surface area contributed by atoms with Gasteiger partial charge in [-0.25, -0.2) is 9.69 Å². The lowest BCUT2D eigenvalue weighted by atomic mass is 9.88. The first-order valence-electron chi connectivity index (χ1n) is 13.4. The fourth-order valence-corrected chi connectivity index (χ4v) is 4.61. The van der Waals surface area contributed by atoms with E-state index in [-0.39, 0.29) is 37.0 Å². The molecular weight excluding hydrogens is 558 g/mol. The molecule has 0 saturated carbocycles. The van der Waals surface area contributed by atoms with Gasteiger partial charge in [0.15, 0.2) is 0 Å². The second kappa shape index (κ2) is 12.3. The average Bonchev–Trinajstić information content (AvgIpc) is 3.64. The third kappa shape index (κ3) is 6.63. The predicted octanol–water partition coefficient (Wildman–Crippen LogP) is 1.54. The fraction of sp³-hybridized carbons (Fsp3) is 0.345. The number of hydrogen-bond acceptors (Lipinski definition) is 10. The Hall–Kier alpha value is -5.27. The summed E-state index contributed by atoms with van der Waals surface area (Å²) in [5.74, 6) is -1.84. The van der Waals surface area contributed by atoms with Crippen LogP contribution in [0.1, 0.15) is 66.9 Å². The first-order valence-corrected chi connectivity index (χ1v) is 13.4. The molecule has 2 saturated heterocycles. The Bertz CT molecular complexity index is 1570. The van der Waals surface area contributed by atoms with Crippen molar-refractivity contribution in [2.75, 3.05) is 6.54 Å². The zero-order chi connectivity index (χ0) is 31.4. The number of Topliss-reactive ketones (excluding diaryl/α,β-unsaturated/α-hetero) is 1. The van der Waals surface area contributed by atoms with Crippen LogP contribution in [0.2, 0.25) is 0 Å². The molecule has 2 aliphatic heterocycles. The van der Waals surface area contributed by atoms with Crippen molar-refractivity contribution in [1.82, 2.24) is 36.0 Å². The molecule has 2 aliphatic rings. The van der Waals surface area contributed by atoms with Crippen molar-refractivity contribution in [2.24, 2.45) is 5.41 Å². The van der Waals surface area contributed by atoms with E-state index in [9.17, 15) is 28.8 Å². The van der Waals surface area contributed by atoms with E-state index >= 15 is 0 Å². The van der Waals surface area contributed by atoms with Gasteiger partial charge in [-0.1, -0.05) is 43.7 Å². The molecule has 5 rings (SSSR count). The third-order valence-electron chi connectivity index (χ3n) is 6.83. The molecule has 43 heavy (non-hydrogen) atoms. The van der Waals surface area contributed by atoms with Crippen molar-refractivity contribution in [3.8, 4) is 0 Å².